The van der Waals surface area contributed by atoms with Crippen LogP contribution in [0.2, 0.25) is 0 Å². The summed E-state index contributed by atoms with van der Waals surface area (Å²) in [5.74, 6) is -1.27. The molecule has 152 valence electrons. The largest absolute Gasteiger partial charge is 0.489 e. The summed E-state index contributed by atoms with van der Waals surface area (Å²) in [7, 11) is -0.235. The number of sulfonamides is 1. The van der Waals surface area contributed by atoms with E-state index < -0.39 is 38.6 Å². The van der Waals surface area contributed by atoms with E-state index in [0.717, 1.165) is 20.3 Å². The van der Waals surface area contributed by atoms with Gasteiger partial charge in [-0.15, -0.1) is 0 Å². The number of benzene rings is 1. The Bertz CT molecular complexity index is 1030. The fourth-order valence-corrected chi connectivity index (χ4v) is 3.91. The molecular weight excluding hydrogens is 394 g/mol. The van der Waals surface area contributed by atoms with Crippen molar-refractivity contribution in [1.29, 1.82) is 0 Å². The van der Waals surface area contributed by atoms with Gasteiger partial charge in [-0.05, 0) is 12.1 Å². The van der Waals surface area contributed by atoms with Gasteiger partial charge in [-0.2, -0.15) is 0 Å². The van der Waals surface area contributed by atoms with Gasteiger partial charge in [0.25, 0.3) is 0 Å². The van der Waals surface area contributed by atoms with E-state index in [-0.39, 0.29) is 16.6 Å². The second-order valence-electron chi connectivity index (χ2n) is 5.68. The molecule has 12 heteroatoms. The molecule has 28 heavy (non-hydrogen) atoms. The highest BCUT2D eigenvalue weighted by molar-refractivity contribution is 7.92. The number of anilines is 1. The second kappa shape index (κ2) is 8.04. The molecule has 0 aliphatic carbocycles. The molecule has 0 aliphatic rings. The van der Waals surface area contributed by atoms with E-state index in [4.69, 9.17) is 14.2 Å². The first-order valence-electron chi connectivity index (χ1n) is 7.78. The number of aromatic nitrogens is 1. The summed E-state index contributed by atoms with van der Waals surface area (Å²) in [4.78, 5) is 27.3. The maximum absolute atomic E-state index is 12.1. The number of hydrogen-bond acceptors (Lipinski definition) is 9. The highest BCUT2D eigenvalue weighted by Gasteiger charge is 2.34. The number of nitro benzene ring substituents is 1. The number of pyridine rings is 1. The van der Waals surface area contributed by atoms with Gasteiger partial charge in [0.05, 0.1) is 29.2 Å². The lowest BCUT2D eigenvalue weighted by atomic mass is 10.0. The van der Waals surface area contributed by atoms with Crippen LogP contribution < -0.4 is 9.04 Å². The van der Waals surface area contributed by atoms with Crippen molar-refractivity contribution in [1.82, 2.24) is 4.98 Å². The van der Waals surface area contributed by atoms with Crippen molar-refractivity contribution < 1.29 is 32.3 Å². The fraction of sp³-hybridized carbons (Fsp3) is 0.375. The number of amides is 1. The smallest absolute Gasteiger partial charge is 0.322 e. The SMILES string of the molecule is COc1c(N(C(C)=O)S(C)(=O)=O)cc2nccc(C(OC)OC)c2c1[N+](=O)[O-]. The average Bonchev–Trinajstić information content (AvgIpc) is 2.59. The number of carbonyl (C=O) groups excluding carboxylic acids is 1. The Balaban J connectivity index is 3.07. The molecule has 0 radical (unpaired) electrons. The normalized spacial score (nSPS) is 11.6. The van der Waals surface area contributed by atoms with Gasteiger partial charge < -0.3 is 14.2 Å². The first-order valence-corrected chi connectivity index (χ1v) is 9.63. The molecule has 1 aromatic heterocycles. The summed E-state index contributed by atoms with van der Waals surface area (Å²) < 4.78 is 40.3. The Morgan fingerprint density at radius 2 is 1.89 bits per heavy atom. The van der Waals surface area contributed by atoms with Crippen LogP contribution in [0.25, 0.3) is 10.9 Å². The van der Waals surface area contributed by atoms with E-state index in [9.17, 15) is 23.3 Å². The van der Waals surface area contributed by atoms with Crippen LogP contribution in [0, 0.1) is 10.1 Å². The van der Waals surface area contributed by atoms with Crippen LogP contribution in [0.4, 0.5) is 11.4 Å². The zero-order chi connectivity index (χ0) is 21.2. The van der Waals surface area contributed by atoms with Crippen molar-refractivity contribution >= 4 is 38.2 Å². The zero-order valence-electron chi connectivity index (χ0n) is 15.8. The van der Waals surface area contributed by atoms with Gasteiger partial charge in [0.2, 0.25) is 21.7 Å². The molecule has 0 bridgehead atoms. The van der Waals surface area contributed by atoms with Gasteiger partial charge >= 0.3 is 5.69 Å². The molecular formula is C16H19N3O8S. The molecule has 0 spiro atoms. The molecule has 1 amide bonds. The van der Waals surface area contributed by atoms with Gasteiger partial charge in [-0.1, -0.05) is 0 Å². The molecule has 0 N–H and O–H groups in total. The van der Waals surface area contributed by atoms with Crippen LogP contribution in [0.1, 0.15) is 18.8 Å². The Kier molecular flexibility index (Phi) is 6.17. The van der Waals surface area contributed by atoms with Gasteiger partial charge in [0.15, 0.2) is 6.29 Å². The molecule has 0 saturated carbocycles. The Morgan fingerprint density at radius 3 is 2.32 bits per heavy atom. The highest BCUT2D eigenvalue weighted by Crippen LogP contribution is 2.46. The minimum absolute atomic E-state index is 0.0406. The van der Waals surface area contributed by atoms with Crippen molar-refractivity contribution in [3.05, 3.63) is 34.0 Å². The lowest BCUT2D eigenvalue weighted by Gasteiger charge is -2.22. The number of carbonyl (C=O) groups is 1. The Morgan fingerprint density at radius 1 is 1.29 bits per heavy atom. The van der Waals surface area contributed by atoms with Crippen molar-refractivity contribution in [2.75, 3.05) is 31.9 Å². The molecule has 11 nitrogen and oxygen atoms in total. The molecule has 0 aliphatic heterocycles. The summed E-state index contributed by atoms with van der Waals surface area (Å²) in [6.07, 6.45) is 1.22. The van der Waals surface area contributed by atoms with E-state index in [1.165, 1.54) is 32.5 Å². The third kappa shape index (κ3) is 3.74. The monoisotopic (exact) mass is 413 g/mol. The highest BCUT2D eigenvalue weighted by atomic mass is 32.2. The van der Waals surface area contributed by atoms with Crippen LogP contribution in [0.5, 0.6) is 5.75 Å². The number of methoxy groups -OCH3 is 3. The topological polar surface area (TPSA) is 138 Å². The minimum Gasteiger partial charge on any atom is -0.489 e. The lowest BCUT2D eigenvalue weighted by Crippen LogP contribution is -2.34. The van der Waals surface area contributed by atoms with Gasteiger partial charge in [0.1, 0.15) is 5.69 Å². The number of fused-ring (bicyclic) bond motifs is 1. The van der Waals surface area contributed by atoms with Crippen LogP contribution >= 0.6 is 0 Å². The fourth-order valence-electron chi connectivity index (χ4n) is 2.95. The minimum atomic E-state index is -4.09. The second-order valence-corrected chi connectivity index (χ2v) is 7.51. The van der Waals surface area contributed by atoms with E-state index >= 15 is 0 Å². The quantitative estimate of drug-likeness (QED) is 0.377. The molecule has 0 fully saturated rings. The molecule has 1 aromatic carbocycles. The maximum Gasteiger partial charge on any atom is 0.322 e. The molecule has 0 saturated heterocycles. The molecule has 2 rings (SSSR count). The molecule has 2 aromatic rings. The van der Waals surface area contributed by atoms with E-state index in [1.807, 2.05) is 0 Å². The average molecular weight is 413 g/mol. The Hall–Kier alpha value is -2.83. The van der Waals surface area contributed by atoms with Gasteiger partial charge in [0, 0.05) is 32.9 Å². The number of hydrogen-bond donors (Lipinski definition) is 0. The zero-order valence-corrected chi connectivity index (χ0v) is 16.6. The summed E-state index contributed by atoms with van der Waals surface area (Å²) in [6, 6.07) is 2.71. The van der Waals surface area contributed by atoms with Gasteiger partial charge in [-0.25, -0.2) is 12.7 Å². The van der Waals surface area contributed by atoms with Crippen LogP contribution in [-0.2, 0) is 24.3 Å². The molecule has 0 atom stereocenters. The number of ether oxygens (including phenoxy) is 3. The van der Waals surface area contributed by atoms with Crippen LogP contribution in [0.15, 0.2) is 18.3 Å². The summed E-state index contributed by atoms with van der Waals surface area (Å²) in [5, 5.41) is 11.9. The van der Waals surface area contributed by atoms with Crippen molar-refractivity contribution in [2.24, 2.45) is 0 Å². The first kappa shape index (κ1) is 21.5. The summed E-state index contributed by atoms with van der Waals surface area (Å²) in [6.45, 7) is 1.02. The standard InChI is InChI=1S/C16H19N3O8S/c1-9(20)18(28(5,23)24)12-8-11-13(14(19(21)22)15(12)25-2)10(6-7-17-11)16(26-3)27-4/h6-8,16H,1-5H3. The third-order valence-electron chi connectivity index (χ3n) is 3.88. The maximum atomic E-state index is 12.1. The molecule has 0 unspecified atom stereocenters. The Labute approximate surface area is 161 Å². The van der Waals surface area contributed by atoms with E-state index in [2.05, 4.69) is 4.98 Å². The van der Waals surface area contributed by atoms with Crippen molar-refractivity contribution in [3.8, 4) is 5.75 Å². The van der Waals surface area contributed by atoms with Crippen molar-refractivity contribution in [2.45, 2.75) is 13.2 Å². The summed E-state index contributed by atoms with van der Waals surface area (Å²) >= 11 is 0. The number of nitro groups is 1. The molecule has 1 heterocycles. The van der Waals surface area contributed by atoms with Crippen LogP contribution in [-0.4, -0.2) is 51.8 Å². The van der Waals surface area contributed by atoms with E-state index in [0.29, 0.717) is 9.87 Å². The lowest BCUT2D eigenvalue weighted by molar-refractivity contribution is -0.384. The summed E-state index contributed by atoms with van der Waals surface area (Å²) in [5.41, 5.74) is -0.519. The van der Waals surface area contributed by atoms with Crippen molar-refractivity contribution in [3.63, 3.8) is 0 Å². The van der Waals surface area contributed by atoms with Crippen LogP contribution in [0.3, 0.4) is 0 Å². The predicted molar refractivity (Wildman–Crippen MR) is 99.7 cm³/mol. The van der Waals surface area contributed by atoms with Gasteiger partial charge in [-0.3, -0.25) is 19.9 Å². The van der Waals surface area contributed by atoms with E-state index in [1.54, 1.807) is 0 Å². The number of nitrogens with zero attached hydrogens (tertiary/aromatic N) is 3. The predicted octanol–water partition coefficient (Wildman–Crippen LogP) is 1.76. The number of rotatable bonds is 7. The third-order valence-corrected chi connectivity index (χ3v) is 4.99. The first-order chi connectivity index (χ1) is 13.1.